The van der Waals surface area contributed by atoms with Gasteiger partial charge < -0.3 is 19.9 Å². The largest absolute Gasteiger partial charge is 0.486 e. The highest BCUT2D eigenvalue weighted by Gasteiger charge is 2.19. The van der Waals surface area contributed by atoms with Gasteiger partial charge in [0, 0.05) is 18.2 Å². The van der Waals surface area contributed by atoms with E-state index in [2.05, 4.69) is 5.32 Å². The lowest BCUT2D eigenvalue weighted by atomic mass is 10.1. The smallest absolute Gasteiger partial charge is 0.251 e. The molecule has 5 nitrogen and oxygen atoms in total. The van der Waals surface area contributed by atoms with Gasteiger partial charge in [-0.3, -0.25) is 4.79 Å². The van der Waals surface area contributed by atoms with E-state index in [0.717, 1.165) is 0 Å². The Labute approximate surface area is 116 Å². The van der Waals surface area contributed by atoms with Crippen molar-refractivity contribution in [2.75, 3.05) is 19.8 Å². The van der Waals surface area contributed by atoms with E-state index in [1.54, 1.807) is 12.1 Å². The van der Waals surface area contributed by atoms with Gasteiger partial charge in [0.2, 0.25) is 0 Å². The van der Waals surface area contributed by atoms with Crippen LogP contribution in [0, 0.1) is 0 Å². The Morgan fingerprint density at radius 1 is 1.47 bits per heavy atom. The van der Waals surface area contributed by atoms with Crippen molar-refractivity contribution in [1.82, 2.24) is 5.32 Å². The van der Waals surface area contributed by atoms with Crippen molar-refractivity contribution < 1.29 is 19.4 Å². The highest BCUT2D eigenvalue weighted by molar-refractivity contribution is 6.32. The van der Waals surface area contributed by atoms with Crippen LogP contribution < -0.4 is 14.8 Å². The van der Waals surface area contributed by atoms with E-state index in [9.17, 15) is 4.79 Å². The summed E-state index contributed by atoms with van der Waals surface area (Å²) >= 11 is 6.06. The van der Waals surface area contributed by atoms with Crippen LogP contribution in [0.3, 0.4) is 0 Å². The fourth-order valence-electron chi connectivity index (χ4n) is 1.81. The van der Waals surface area contributed by atoms with Gasteiger partial charge in [0.25, 0.3) is 5.91 Å². The number of halogens is 1. The van der Waals surface area contributed by atoms with Crippen molar-refractivity contribution in [2.45, 2.75) is 19.4 Å². The molecule has 1 heterocycles. The van der Waals surface area contributed by atoms with Gasteiger partial charge in [-0.15, -0.1) is 0 Å². The number of aliphatic hydroxyl groups is 1. The lowest BCUT2D eigenvalue weighted by Gasteiger charge is -2.20. The number of aliphatic hydroxyl groups excluding tert-OH is 1. The molecule has 2 N–H and O–H groups in total. The van der Waals surface area contributed by atoms with Crippen molar-refractivity contribution in [3.63, 3.8) is 0 Å². The van der Waals surface area contributed by atoms with Crippen molar-refractivity contribution in [3.05, 3.63) is 22.7 Å². The molecule has 0 saturated heterocycles. The molecule has 1 aromatic rings. The highest BCUT2D eigenvalue weighted by atomic mass is 35.5. The maximum absolute atomic E-state index is 12.0. The molecule has 0 bridgehead atoms. The Morgan fingerprint density at radius 2 is 2.21 bits per heavy atom. The number of ether oxygens (including phenoxy) is 2. The van der Waals surface area contributed by atoms with Gasteiger partial charge in [-0.1, -0.05) is 11.6 Å². The number of fused-ring (bicyclic) bond motifs is 1. The maximum Gasteiger partial charge on any atom is 0.251 e. The van der Waals surface area contributed by atoms with Gasteiger partial charge in [0.1, 0.15) is 13.2 Å². The summed E-state index contributed by atoms with van der Waals surface area (Å²) in [4.78, 5) is 12.0. The third-order valence-corrected chi connectivity index (χ3v) is 3.08. The lowest BCUT2D eigenvalue weighted by Crippen LogP contribution is -2.33. The first-order chi connectivity index (χ1) is 9.11. The van der Waals surface area contributed by atoms with Crippen molar-refractivity contribution in [2.24, 2.45) is 0 Å². The Balaban J connectivity index is 2.16. The van der Waals surface area contributed by atoms with Crippen LogP contribution in [0.15, 0.2) is 12.1 Å². The summed E-state index contributed by atoms with van der Waals surface area (Å²) in [6.45, 7) is 2.75. The van der Waals surface area contributed by atoms with Crippen LogP contribution in [0.2, 0.25) is 5.02 Å². The SMILES string of the molecule is CC(CCO)NC(=O)c1cc(Cl)c2c(c1)OCCO2. The van der Waals surface area contributed by atoms with Crippen LogP contribution in [-0.4, -0.2) is 36.9 Å². The minimum atomic E-state index is -0.250. The Bertz CT molecular complexity index is 478. The van der Waals surface area contributed by atoms with Crippen LogP contribution >= 0.6 is 11.6 Å². The Kier molecular flexibility index (Phi) is 4.50. The summed E-state index contributed by atoms with van der Waals surface area (Å²) in [7, 11) is 0. The second kappa shape index (κ2) is 6.12. The molecule has 0 saturated carbocycles. The van der Waals surface area contributed by atoms with Crippen molar-refractivity contribution in [3.8, 4) is 11.5 Å². The normalized spacial score (nSPS) is 14.9. The van der Waals surface area contributed by atoms with Crippen LogP contribution in [0.4, 0.5) is 0 Å². The minimum absolute atomic E-state index is 0.0311. The quantitative estimate of drug-likeness (QED) is 0.882. The van der Waals surface area contributed by atoms with Gasteiger partial charge in [0.05, 0.1) is 5.02 Å². The molecule has 0 fully saturated rings. The average molecular weight is 286 g/mol. The molecule has 104 valence electrons. The van der Waals surface area contributed by atoms with E-state index in [0.29, 0.717) is 41.7 Å². The summed E-state index contributed by atoms with van der Waals surface area (Å²) in [5, 5.41) is 11.9. The molecule has 1 aliphatic rings. The average Bonchev–Trinajstić information content (AvgIpc) is 2.39. The standard InChI is InChI=1S/C13H16ClNO4/c1-8(2-3-16)15-13(17)9-6-10(14)12-11(7-9)18-4-5-19-12/h6-8,16H,2-5H2,1H3,(H,15,17). The first-order valence-corrected chi connectivity index (χ1v) is 6.50. The van der Waals surface area contributed by atoms with Gasteiger partial charge in [0.15, 0.2) is 11.5 Å². The number of carbonyl (C=O) groups is 1. The first kappa shape index (κ1) is 14.0. The van der Waals surface area contributed by atoms with E-state index >= 15 is 0 Å². The summed E-state index contributed by atoms with van der Waals surface area (Å²) in [6.07, 6.45) is 0.504. The molecule has 1 unspecified atom stereocenters. The van der Waals surface area contributed by atoms with Crippen LogP contribution in [0.1, 0.15) is 23.7 Å². The highest BCUT2D eigenvalue weighted by Crippen LogP contribution is 2.38. The molecular formula is C13H16ClNO4. The van der Waals surface area contributed by atoms with E-state index in [-0.39, 0.29) is 18.6 Å². The number of nitrogens with one attached hydrogen (secondary N) is 1. The zero-order valence-electron chi connectivity index (χ0n) is 10.6. The second-order valence-corrected chi connectivity index (χ2v) is 4.78. The number of amides is 1. The fourth-order valence-corrected chi connectivity index (χ4v) is 2.08. The second-order valence-electron chi connectivity index (χ2n) is 4.37. The van der Waals surface area contributed by atoms with Crippen LogP contribution in [0.25, 0.3) is 0 Å². The Morgan fingerprint density at radius 3 is 2.95 bits per heavy atom. The Hall–Kier alpha value is -1.46. The monoisotopic (exact) mass is 285 g/mol. The van der Waals surface area contributed by atoms with Gasteiger partial charge in [-0.2, -0.15) is 0 Å². The number of rotatable bonds is 4. The predicted molar refractivity (Wildman–Crippen MR) is 71.1 cm³/mol. The van der Waals surface area contributed by atoms with E-state index in [1.165, 1.54) is 0 Å². The van der Waals surface area contributed by atoms with Crippen LogP contribution in [-0.2, 0) is 0 Å². The maximum atomic E-state index is 12.0. The van der Waals surface area contributed by atoms with Gasteiger partial charge in [-0.05, 0) is 25.5 Å². The molecule has 1 atom stereocenters. The fraction of sp³-hybridized carbons (Fsp3) is 0.462. The van der Waals surface area contributed by atoms with Gasteiger partial charge in [-0.25, -0.2) is 0 Å². The molecule has 2 rings (SSSR count). The first-order valence-electron chi connectivity index (χ1n) is 6.12. The molecule has 6 heteroatoms. The molecule has 1 aliphatic heterocycles. The van der Waals surface area contributed by atoms with Crippen molar-refractivity contribution >= 4 is 17.5 Å². The number of hydrogen-bond acceptors (Lipinski definition) is 4. The molecular weight excluding hydrogens is 270 g/mol. The summed E-state index contributed by atoms with van der Waals surface area (Å²) in [5.41, 5.74) is 0.416. The minimum Gasteiger partial charge on any atom is -0.486 e. The third kappa shape index (κ3) is 3.30. The third-order valence-electron chi connectivity index (χ3n) is 2.80. The summed E-state index contributed by atoms with van der Waals surface area (Å²) in [6, 6.07) is 3.06. The molecule has 0 aromatic heterocycles. The summed E-state index contributed by atoms with van der Waals surface area (Å²) in [5.74, 6) is 0.714. The molecule has 0 radical (unpaired) electrons. The van der Waals surface area contributed by atoms with Gasteiger partial charge >= 0.3 is 0 Å². The predicted octanol–water partition coefficient (Wildman–Crippen LogP) is 1.61. The van der Waals surface area contributed by atoms with E-state index in [4.69, 9.17) is 26.2 Å². The molecule has 0 spiro atoms. The van der Waals surface area contributed by atoms with Crippen LogP contribution in [0.5, 0.6) is 11.5 Å². The topological polar surface area (TPSA) is 67.8 Å². The molecule has 0 aliphatic carbocycles. The number of carbonyl (C=O) groups excluding carboxylic acids is 1. The van der Waals surface area contributed by atoms with E-state index in [1.807, 2.05) is 6.92 Å². The summed E-state index contributed by atoms with van der Waals surface area (Å²) < 4.78 is 10.8. The lowest BCUT2D eigenvalue weighted by molar-refractivity contribution is 0.0933. The van der Waals surface area contributed by atoms with Crippen molar-refractivity contribution in [1.29, 1.82) is 0 Å². The van der Waals surface area contributed by atoms with E-state index < -0.39 is 0 Å². The molecule has 19 heavy (non-hydrogen) atoms. The molecule has 1 aromatic carbocycles. The zero-order valence-corrected chi connectivity index (χ0v) is 11.4. The number of benzene rings is 1. The molecule has 1 amide bonds. The number of hydrogen-bond donors (Lipinski definition) is 2. The zero-order chi connectivity index (χ0) is 13.8.